The van der Waals surface area contributed by atoms with E-state index in [2.05, 4.69) is 5.32 Å². The molecule has 0 aliphatic carbocycles. The third kappa shape index (κ3) is 3.62. The molecule has 7 nitrogen and oxygen atoms in total. The maximum atomic E-state index is 12.1. The SMILES string of the molecule is CN1C(=O)COc2ccc(C(=O)CCC(=O)NCCN)cc21. The van der Waals surface area contributed by atoms with Gasteiger partial charge >= 0.3 is 0 Å². The third-order valence-electron chi connectivity index (χ3n) is 3.41. The molecule has 0 aromatic heterocycles. The van der Waals surface area contributed by atoms with E-state index >= 15 is 0 Å². The van der Waals surface area contributed by atoms with Crippen LogP contribution in [0.1, 0.15) is 23.2 Å². The molecule has 1 heterocycles. The number of nitrogens with two attached hydrogens (primary N) is 1. The van der Waals surface area contributed by atoms with Gasteiger partial charge in [0.05, 0.1) is 5.69 Å². The molecule has 2 amide bonds. The highest BCUT2D eigenvalue weighted by Gasteiger charge is 2.23. The number of likely N-dealkylation sites (N-methyl/N-ethyl adjacent to an activating group) is 1. The molecule has 0 bridgehead atoms. The second kappa shape index (κ2) is 7.04. The summed E-state index contributed by atoms with van der Waals surface area (Å²) in [5.74, 6) is 0.0436. The van der Waals surface area contributed by atoms with Gasteiger partial charge in [0, 0.05) is 38.5 Å². The second-order valence-electron chi connectivity index (χ2n) is 4.99. The molecule has 0 saturated heterocycles. The molecule has 22 heavy (non-hydrogen) atoms. The van der Waals surface area contributed by atoms with Gasteiger partial charge in [0.1, 0.15) is 5.75 Å². The lowest BCUT2D eigenvalue weighted by Crippen LogP contribution is -2.35. The molecule has 0 unspecified atom stereocenters. The molecular weight excluding hydrogens is 286 g/mol. The number of Topliss-reactive ketones (excluding diaryl/α,β-unsaturated/α-hetero) is 1. The summed E-state index contributed by atoms with van der Waals surface area (Å²) in [5.41, 5.74) is 6.31. The van der Waals surface area contributed by atoms with Crippen LogP contribution in [0.2, 0.25) is 0 Å². The molecule has 1 aliphatic rings. The summed E-state index contributed by atoms with van der Waals surface area (Å²) in [4.78, 5) is 36.7. The topological polar surface area (TPSA) is 102 Å². The van der Waals surface area contributed by atoms with E-state index in [4.69, 9.17) is 10.5 Å². The molecule has 1 aromatic rings. The molecule has 0 atom stereocenters. The number of nitrogens with zero attached hydrogens (tertiary/aromatic N) is 1. The molecule has 0 radical (unpaired) electrons. The monoisotopic (exact) mass is 305 g/mol. The fourth-order valence-corrected chi connectivity index (χ4v) is 2.12. The van der Waals surface area contributed by atoms with Gasteiger partial charge in [0.25, 0.3) is 5.91 Å². The standard InChI is InChI=1S/C15H19N3O4/c1-18-11-8-10(2-4-13(11)22-9-15(18)21)12(19)3-5-14(20)17-7-6-16/h2,4,8H,3,5-7,9,16H2,1H3,(H,17,20). The van der Waals surface area contributed by atoms with Crippen molar-refractivity contribution in [1.82, 2.24) is 5.32 Å². The highest BCUT2D eigenvalue weighted by atomic mass is 16.5. The van der Waals surface area contributed by atoms with Crippen LogP contribution >= 0.6 is 0 Å². The van der Waals surface area contributed by atoms with Crippen LogP contribution < -0.4 is 20.7 Å². The zero-order valence-electron chi connectivity index (χ0n) is 12.4. The number of anilines is 1. The number of ether oxygens (including phenoxy) is 1. The summed E-state index contributed by atoms with van der Waals surface area (Å²) in [5, 5.41) is 2.61. The molecule has 0 fully saturated rings. The average Bonchev–Trinajstić information content (AvgIpc) is 2.53. The number of carbonyl (C=O) groups is 3. The van der Waals surface area contributed by atoms with Crippen molar-refractivity contribution in [3.05, 3.63) is 23.8 Å². The predicted octanol–water partition coefficient (Wildman–Crippen LogP) is 0.0796. The predicted molar refractivity (Wildman–Crippen MR) is 81.0 cm³/mol. The van der Waals surface area contributed by atoms with Gasteiger partial charge in [-0.15, -0.1) is 0 Å². The quantitative estimate of drug-likeness (QED) is 0.725. The lowest BCUT2D eigenvalue weighted by molar-refractivity contribution is -0.121. The molecule has 0 spiro atoms. The van der Waals surface area contributed by atoms with Crippen LogP contribution in [-0.2, 0) is 9.59 Å². The number of hydrogen-bond acceptors (Lipinski definition) is 5. The number of amides is 2. The summed E-state index contributed by atoms with van der Waals surface area (Å²) in [7, 11) is 1.64. The number of benzene rings is 1. The third-order valence-corrected chi connectivity index (χ3v) is 3.41. The lowest BCUT2D eigenvalue weighted by Gasteiger charge is -2.26. The molecule has 0 saturated carbocycles. The van der Waals surface area contributed by atoms with Crippen LogP contribution in [0.4, 0.5) is 5.69 Å². The van der Waals surface area contributed by atoms with Gasteiger partial charge in [-0.2, -0.15) is 0 Å². The first-order chi connectivity index (χ1) is 10.5. The van der Waals surface area contributed by atoms with E-state index in [1.165, 1.54) is 4.90 Å². The minimum Gasteiger partial charge on any atom is -0.482 e. The van der Waals surface area contributed by atoms with E-state index < -0.39 is 0 Å². The molecule has 1 aromatic carbocycles. The van der Waals surface area contributed by atoms with Crippen molar-refractivity contribution in [3.8, 4) is 5.75 Å². The Hall–Kier alpha value is -2.41. The van der Waals surface area contributed by atoms with E-state index in [1.54, 1.807) is 25.2 Å². The molecular formula is C15H19N3O4. The minimum atomic E-state index is -0.201. The smallest absolute Gasteiger partial charge is 0.264 e. The van der Waals surface area contributed by atoms with E-state index in [0.29, 0.717) is 30.1 Å². The normalized spacial score (nSPS) is 13.4. The van der Waals surface area contributed by atoms with E-state index in [1.807, 2.05) is 0 Å². The van der Waals surface area contributed by atoms with Crippen molar-refractivity contribution < 1.29 is 19.1 Å². The van der Waals surface area contributed by atoms with Gasteiger partial charge < -0.3 is 20.7 Å². The Morgan fingerprint density at radius 1 is 1.36 bits per heavy atom. The fraction of sp³-hybridized carbons (Fsp3) is 0.400. The highest BCUT2D eigenvalue weighted by Crippen LogP contribution is 2.32. The first kappa shape index (κ1) is 16.0. The maximum Gasteiger partial charge on any atom is 0.264 e. The first-order valence-corrected chi connectivity index (χ1v) is 7.06. The number of nitrogens with one attached hydrogen (secondary N) is 1. The molecule has 1 aliphatic heterocycles. The van der Waals surface area contributed by atoms with Gasteiger partial charge in [0.2, 0.25) is 5.91 Å². The van der Waals surface area contributed by atoms with Crippen molar-refractivity contribution in [3.63, 3.8) is 0 Å². The Kier molecular flexibility index (Phi) is 5.11. The van der Waals surface area contributed by atoms with Crippen molar-refractivity contribution >= 4 is 23.3 Å². The zero-order chi connectivity index (χ0) is 16.1. The van der Waals surface area contributed by atoms with Gasteiger partial charge in [-0.25, -0.2) is 0 Å². The van der Waals surface area contributed by atoms with Crippen molar-refractivity contribution in [2.45, 2.75) is 12.8 Å². The van der Waals surface area contributed by atoms with Gasteiger partial charge in [-0.1, -0.05) is 0 Å². The van der Waals surface area contributed by atoms with E-state index in [0.717, 1.165) is 0 Å². The average molecular weight is 305 g/mol. The van der Waals surface area contributed by atoms with Crippen LogP contribution in [0.25, 0.3) is 0 Å². The highest BCUT2D eigenvalue weighted by molar-refractivity contribution is 6.02. The van der Waals surface area contributed by atoms with Crippen molar-refractivity contribution in [2.24, 2.45) is 5.73 Å². The summed E-state index contributed by atoms with van der Waals surface area (Å²) >= 11 is 0. The second-order valence-corrected chi connectivity index (χ2v) is 4.99. The van der Waals surface area contributed by atoms with Crippen LogP contribution in [0.3, 0.4) is 0 Å². The molecule has 118 valence electrons. The molecule has 7 heteroatoms. The minimum absolute atomic E-state index is 0.00188. The van der Waals surface area contributed by atoms with Crippen LogP contribution in [0.5, 0.6) is 5.75 Å². The van der Waals surface area contributed by atoms with Gasteiger partial charge in [-0.05, 0) is 18.2 Å². The number of hydrogen-bond donors (Lipinski definition) is 2. The maximum absolute atomic E-state index is 12.1. The van der Waals surface area contributed by atoms with Crippen LogP contribution in [0, 0.1) is 0 Å². The van der Waals surface area contributed by atoms with Gasteiger partial charge in [0.15, 0.2) is 12.4 Å². The lowest BCUT2D eigenvalue weighted by atomic mass is 10.0. The Balaban J connectivity index is 2.02. The number of carbonyl (C=O) groups excluding carboxylic acids is 3. The van der Waals surface area contributed by atoms with E-state index in [9.17, 15) is 14.4 Å². The summed E-state index contributed by atoms with van der Waals surface area (Å²) in [6.07, 6.45) is 0.217. The van der Waals surface area contributed by atoms with Crippen molar-refractivity contribution in [1.29, 1.82) is 0 Å². The first-order valence-electron chi connectivity index (χ1n) is 7.06. The Morgan fingerprint density at radius 2 is 2.14 bits per heavy atom. The van der Waals surface area contributed by atoms with Crippen LogP contribution in [-0.4, -0.2) is 44.3 Å². The zero-order valence-corrected chi connectivity index (χ0v) is 12.4. The molecule has 2 rings (SSSR count). The number of ketones is 1. The number of fused-ring (bicyclic) bond motifs is 1. The summed E-state index contributed by atoms with van der Waals surface area (Å²) in [6, 6.07) is 4.93. The summed E-state index contributed by atoms with van der Waals surface area (Å²) in [6.45, 7) is 0.763. The van der Waals surface area contributed by atoms with Crippen LogP contribution in [0.15, 0.2) is 18.2 Å². The van der Waals surface area contributed by atoms with E-state index in [-0.39, 0.29) is 37.0 Å². The Morgan fingerprint density at radius 3 is 2.86 bits per heavy atom. The fourth-order valence-electron chi connectivity index (χ4n) is 2.12. The Bertz CT molecular complexity index is 600. The number of rotatable bonds is 6. The van der Waals surface area contributed by atoms with Gasteiger partial charge in [-0.3, -0.25) is 14.4 Å². The largest absolute Gasteiger partial charge is 0.482 e. The van der Waals surface area contributed by atoms with Crippen molar-refractivity contribution in [2.75, 3.05) is 31.6 Å². The summed E-state index contributed by atoms with van der Waals surface area (Å²) < 4.78 is 5.30. The molecule has 3 N–H and O–H groups in total. The Labute approximate surface area is 128 Å².